The van der Waals surface area contributed by atoms with Crippen LogP contribution in [0.1, 0.15) is 39.2 Å². The van der Waals surface area contributed by atoms with Gasteiger partial charge in [-0.3, -0.25) is 0 Å². The second-order valence-corrected chi connectivity index (χ2v) is 6.34. The Morgan fingerprint density at radius 1 is 1.16 bits per heavy atom. The number of hydrogen-bond donors (Lipinski definition) is 0. The zero-order valence-corrected chi connectivity index (χ0v) is 11.5. The van der Waals surface area contributed by atoms with Gasteiger partial charge in [0.1, 0.15) is 17.8 Å². The highest BCUT2D eigenvalue weighted by Crippen LogP contribution is 2.57. The predicted molar refractivity (Wildman–Crippen MR) is 68.4 cm³/mol. The van der Waals surface area contributed by atoms with E-state index in [0.29, 0.717) is 5.75 Å². The van der Waals surface area contributed by atoms with Gasteiger partial charge in [0.25, 0.3) is 0 Å². The molecule has 19 heavy (non-hydrogen) atoms. The SMILES string of the molecule is CC(C)(C)c1cccc(OCC2(C(F)(F)F)CC2)c1. The van der Waals surface area contributed by atoms with Crippen molar-refractivity contribution in [3.05, 3.63) is 29.8 Å². The molecule has 1 nitrogen and oxygen atoms in total. The van der Waals surface area contributed by atoms with E-state index in [2.05, 4.69) is 20.8 Å². The van der Waals surface area contributed by atoms with Crippen molar-refractivity contribution in [1.82, 2.24) is 0 Å². The van der Waals surface area contributed by atoms with Crippen molar-refractivity contribution in [3.8, 4) is 5.75 Å². The summed E-state index contributed by atoms with van der Waals surface area (Å²) in [6.07, 6.45) is -3.81. The van der Waals surface area contributed by atoms with Gasteiger partial charge in [-0.15, -0.1) is 0 Å². The molecular formula is C15H19F3O. The molecule has 0 N–H and O–H groups in total. The van der Waals surface area contributed by atoms with Crippen LogP contribution in [0.3, 0.4) is 0 Å². The lowest BCUT2D eigenvalue weighted by atomic mass is 9.87. The van der Waals surface area contributed by atoms with Crippen LogP contribution in [0, 0.1) is 5.41 Å². The van der Waals surface area contributed by atoms with E-state index in [0.717, 1.165) is 5.56 Å². The molecule has 0 heterocycles. The van der Waals surface area contributed by atoms with Gasteiger partial charge in [-0.25, -0.2) is 0 Å². The Hall–Kier alpha value is -1.19. The smallest absolute Gasteiger partial charge is 0.397 e. The number of hydrogen-bond acceptors (Lipinski definition) is 1. The molecule has 1 aliphatic carbocycles. The van der Waals surface area contributed by atoms with Crippen LogP contribution in [-0.4, -0.2) is 12.8 Å². The molecule has 106 valence electrons. The standard InChI is InChI=1S/C15H19F3O/c1-13(2,3)11-5-4-6-12(9-11)19-10-14(7-8-14)15(16,17)18/h4-6,9H,7-8,10H2,1-3H3. The first kappa shape index (κ1) is 14.2. The zero-order valence-electron chi connectivity index (χ0n) is 11.5. The third-order valence-corrected chi connectivity index (χ3v) is 3.67. The van der Waals surface area contributed by atoms with Crippen molar-refractivity contribution in [3.63, 3.8) is 0 Å². The van der Waals surface area contributed by atoms with Crippen LogP contribution < -0.4 is 4.74 Å². The molecule has 0 saturated heterocycles. The van der Waals surface area contributed by atoms with Crippen molar-refractivity contribution < 1.29 is 17.9 Å². The van der Waals surface area contributed by atoms with Crippen LogP contribution in [0.4, 0.5) is 13.2 Å². The van der Waals surface area contributed by atoms with Crippen LogP contribution >= 0.6 is 0 Å². The highest BCUT2D eigenvalue weighted by molar-refractivity contribution is 5.32. The zero-order chi connectivity index (χ0) is 14.3. The Morgan fingerprint density at radius 2 is 1.79 bits per heavy atom. The fourth-order valence-electron chi connectivity index (χ4n) is 1.93. The summed E-state index contributed by atoms with van der Waals surface area (Å²) in [7, 11) is 0. The summed E-state index contributed by atoms with van der Waals surface area (Å²) in [6.45, 7) is 5.91. The minimum atomic E-state index is -4.16. The number of rotatable bonds is 3. The van der Waals surface area contributed by atoms with E-state index in [4.69, 9.17) is 4.74 Å². The summed E-state index contributed by atoms with van der Waals surface area (Å²) in [5, 5.41) is 0. The molecule has 0 aliphatic heterocycles. The van der Waals surface area contributed by atoms with Crippen molar-refractivity contribution in [2.24, 2.45) is 5.41 Å². The molecular weight excluding hydrogens is 253 g/mol. The molecule has 1 aromatic carbocycles. The van der Waals surface area contributed by atoms with Gasteiger partial charge in [0.15, 0.2) is 0 Å². The molecule has 0 amide bonds. The van der Waals surface area contributed by atoms with Crippen LogP contribution in [0.5, 0.6) is 5.75 Å². The summed E-state index contributed by atoms with van der Waals surface area (Å²) in [5.41, 5.74) is -0.590. The molecule has 0 radical (unpaired) electrons. The summed E-state index contributed by atoms with van der Waals surface area (Å²) in [5.74, 6) is 0.517. The maximum Gasteiger partial charge on any atom is 0.397 e. The minimum Gasteiger partial charge on any atom is -0.493 e. The maximum absolute atomic E-state index is 12.8. The summed E-state index contributed by atoms with van der Waals surface area (Å²) >= 11 is 0. The lowest BCUT2D eigenvalue weighted by Gasteiger charge is -2.22. The minimum absolute atomic E-state index is 0.0410. The molecule has 1 aromatic rings. The number of halogens is 3. The maximum atomic E-state index is 12.8. The highest BCUT2D eigenvalue weighted by atomic mass is 19.4. The topological polar surface area (TPSA) is 9.23 Å². The van der Waals surface area contributed by atoms with E-state index in [1.54, 1.807) is 6.07 Å². The van der Waals surface area contributed by atoms with Crippen molar-refractivity contribution >= 4 is 0 Å². The Bertz CT molecular complexity index is 453. The van der Waals surface area contributed by atoms with Crippen molar-refractivity contribution in [1.29, 1.82) is 0 Å². The van der Waals surface area contributed by atoms with E-state index in [1.165, 1.54) is 0 Å². The first-order chi connectivity index (χ1) is 8.64. The molecule has 1 fully saturated rings. The van der Waals surface area contributed by atoms with Crippen LogP contribution in [-0.2, 0) is 5.41 Å². The first-order valence-corrected chi connectivity index (χ1v) is 6.44. The van der Waals surface area contributed by atoms with Crippen molar-refractivity contribution in [2.75, 3.05) is 6.61 Å². The summed E-state index contributed by atoms with van der Waals surface area (Å²) < 4.78 is 43.7. The third kappa shape index (κ3) is 3.04. The van der Waals surface area contributed by atoms with Gasteiger partial charge in [0.05, 0.1) is 0 Å². The van der Waals surface area contributed by atoms with Crippen LogP contribution in [0.25, 0.3) is 0 Å². The van der Waals surface area contributed by atoms with Crippen molar-refractivity contribution in [2.45, 2.75) is 45.2 Å². The van der Waals surface area contributed by atoms with E-state index in [9.17, 15) is 13.2 Å². The summed E-state index contributed by atoms with van der Waals surface area (Å²) in [4.78, 5) is 0. The molecule has 1 aliphatic rings. The molecule has 2 rings (SSSR count). The largest absolute Gasteiger partial charge is 0.493 e. The lowest BCUT2D eigenvalue weighted by Crippen LogP contribution is -2.30. The van der Waals surface area contributed by atoms with Gasteiger partial charge in [0.2, 0.25) is 0 Å². The molecule has 0 atom stereocenters. The second-order valence-electron chi connectivity index (χ2n) is 6.34. The molecule has 0 unspecified atom stereocenters. The van der Waals surface area contributed by atoms with E-state index in [1.807, 2.05) is 18.2 Å². The van der Waals surface area contributed by atoms with Gasteiger partial charge < -0.3 is 4.74 Å². The Kier molecular flexibility index (Phi) is 3.31. The van der Waals surface area contributed by atoms with E-state index < -0.39 is 11.6 Å². The Balaban J connectivity index is 2.05. The van der Waals surface area contributed by atoms with Crippen LogP contribution in [0.2, 0.25) is 0 Å². The average Bonchev–Trinajstić information content (AvgIpc) is 3.06. The number of ether oxygens (including phenoxy) is 1. The normalized spacial score (nSPS) is 18.2. The number of alkyl halides is 3. The van der Waals surface area contributed by atoms with Gasteiger partial charge in [0, 0.05) is 0 Å². The monoisotopic (exact) mass is 272 g/mol. The fraction of sp³-hybridized carbons (Fsp3) is 0.600. The Labute approximate surface area is 111 Å². The quantitative estimate of drug-likeness (QED) is 0.774. The van der Waals surface area contributed by atoms with Gasteiger partial charge in [-0.05, 0) is 36.0 Å². The summed E-state index contributed by atoms with van der Waals surface area (Å²) in [6, 6.07) is 7.32. The van der Waals surface area contributed by atoms with E-state index >= 15 is 0 Å². The molecule has 0 spiro atoms. The predicted octanol–water partition coefficient (Wildman–Crippen LogP) is 4.71. The lowest BCUT2D eigenvalue weighted by molar-refractivity contribution is -0.194. The second kappa shape index (κ2) is 4.43. The molecule has 0 bridgehead atoms. The first-order valence-electron chi connectivity index (χ1n) is 6.44. The van der Waals surface area contributed by atoms with Gasteiger partial charge >= 0.3 is 6.18 Å². The highest BCUT2D eigenvalue weighted by Gasteiger charge is 2.63. The van der Waals surface area contributed by atoms with E-state index in [-0.39, 0.29) is 24.9 Å². The fourth-order valence-corrected chi connectivity index (χ4v) is 1.93. The molecule has 1 saturated carbocycles. The van der Waals surface area contributed by atoms with Gasteiger partial charge in [-0.1, -0.05) is 32.9 Å². The van der Waals surface area contributed by atoms with Gasteiger partial charge in [-0.2, -0.15) is 13.2 Å². The molecule has 4 heteroatoms. The van der Waals surface area contributed by atoms with Crippen LogP contribution in [0.15, 0.2) is 24.3 Å². The average molecular weight is 272 g/mol. The third-order valence-electron chi connectivity index (χ3n) is 3.67. The Morgan fingerprint density at radius 3 is 2.26 bits per heavy atom. The number of benzene rings is 1. The molecule has 0 aromatic heterocycles.